The molecule has 0 bridgehead atoms. The molecule has 2 aliphatic rings. The van der Waals surface area contributed by atoms with E-state index in [-0.39, 0.29) is 11.9 Å². The molecule has 0 radical (unpaired) electrons. The standard InChI is InChI=1S/C9H12N2O3/c12-8-7(10-3-1-4-11-8)6-2-5-14-9(6)13/h6H,1-5H2,(H,11,12). The van der Waals surface area contributed by atoms with E-state index in [0.29, 0.717) is 31.8 Å². The first-order valence-corrected chi connectivity index (χ1v) is 4.78. The van der Waals surface area contributed by atoms with Crippen LogP contribution in [0.1, 0.15) is 12.8 Å². The Hall–Kier alpha value is -1.39. The van der Waals surface area contributed by atoms with Crippen LogP contribution in [0, 0.1) is 5.92 Å². The van der Waals surface area contributed by atoms with Gasteiger partial charge in [-0.3, -0.25) is 14.6 Å². The van der Waals surface area contributed by atoms with Gasteiger partial charge in [-0.2, -0.15) is 0 Å². The van der Waals surface area contributed by atoms with E-state index in [1.54, 1.807) is 0 Å². The van der Waals surface area contributed by atoms with Crippen molar-refractivity contribution in [2.75, 3.05) is 19.7 Å². The molecule has 0 spiro atoms. The molecule has 0 aromatic rings. The van der Waals surface area contributed by atoms with Gasteiger partial charge < -0.3 is 10.1 Å². The van der Waals surface area contributed by atoms with Crippen LogP contribution in [-0.2, 0) is 14.3 Å². The summed E-state index contributed by atoms with van der Waals surface area (Å²) in [7, 11) is 0. The summed E-state index contributed by atoms with van der Waals surface area (Å²) in [6, 6.07) is 0. The van der Waals surface area contributed by atoms with E-state index in [9.17, 15) is 9.59 Å². The summed E-state index contributed by atoms with van der Waals surface area (Å²) in [6.45, 7) is 1.64. The Morgan fingerprint density at radius 2 is 2.29 bits per heavy atom. The molecular weight excluding hydrogens is 184 g/mol. The molecule has 2 heterocycles. The van der Waals surface area contributed by atoms with Gasteiger partial charge in [0.25, 0.3) is 5.91 Å². The average molecular weight is 196 g/mol. The highest BCUT2D eigenvalue weighted by molar-refractivity contribution is 6.43. The van der Waals surface area contributed by atoms with Crippen molar-refractivity contribution in [3.05, 3.63) is 0 Å². The van der Waals surface area contributed by atoms with Gasteiger partial charge in [0, 0.05) is 19.5 Å². The zero-order chi connectivity index (χ0) is 9.97. The minimum Gasteiger partial charge on any atom is -0.465 e. The maximum Gasteiger partial charge on any atom is 0.315 e. The first kappa shape index (κ1) is 9.18. The number of cyclic esters (lactones) is 1. The fraction of sp³-hybridized carbons (Fsp3) is 0.667. The zero-order valence-corrected chi connectivity index (χ0v) is 7.78. The van der Waals surface area contributed by atoms with Gasteiger partial charge in [-0.05, 0) is 6.42 Å². The van der Waals surface area contributed by atoms with E-state index < -0.39 is 5.92 Å². The third kappa shape index (κ3) is 1.62. The molecule has 14 heavy (non-hydrogen) atoms. The average Bonchev–Trinajstić information content (AvgIpc) is 2.46. The van der Waals surface area contributed by atoms with Crippen molar-refractivity contribution >= 4 is 17.6 Å². The van der Waals surface area contributed by atoms with Gasteiger partial charge in [-0.25, -0.2) is 0 Å². The molecule has 0 aromatic carbocycles. The molecule has 5 heteroatoms. The summed E-state index contributed by atoms with van der Waals surface area (Å²) in [5, 5.41) is 2.71. The summed E-state index contributed by atoms with van der Waals surface area (Å²) in [4.78, 5) is 26.9. The van der Waals surface area contributed by atoms with Crippen LogP contribution in [0.25, 0.3) is 0 Å². The fourth-order valence-corrected chi connectivity index (χ4v) is 1.66. The van der Waals surface area contributed by atoms with Crippen molar-refractivity contribution in [1.29, 1.82) is 0 Å². The topological polar surface area (TPSA) is 67.8 Å². The molecule has 1 fully saturated rings. The van der Waals surface area contributed by atoms with Crippen LogP contribution in [0.2, 0.25) is 0 Å². The normalized spacial score (nSPS) is 27.7. The molecule has 2 rings (SSSR count). The van der Waals surface area contributed by atoms with Crippen molar-refractivity contribution in [1.82, 2.24) is 5.32 Å². The van der Waals surface area contributed by atoms with Gasteiger partial charge >= 0.3 is 5.97 Å². The summed E-state index contributed by atoms with van der Waals surface area (Å²) in [6.07, 6.45) is 1.40. The van der Waals surface area contributed by atoms with Crippen LogP contribution < -0.4 is 5.32 Å². The lowest BCUT2D eigenvalue weighted by Gasteiger charge is -2.07. The van der Waals surface area contributed by atoms with E-state index in [1.165, 1.54) is 0 Å². The summed E-state index contributed by atoms with van der Waals surface area (Å²) in [5.74, 6) is -0.972. The Kier molecular flexibility index (Phi) is 2.47. The SMILES string of the molecule is O=C1NCCCN=C1C1CCOC1=O. The van der Waals surface area contributed by atoms with Gasteiger partial charge in [0.05, 0.1) is 6.61 Å². The lowest BCUT2D eigenvalue weighted by atomic mass is 10.0. The number of esters is 1. The molecule has 1 saturated heterocycles. The van der Waals surface area contributed by atoms with Crippen LogP contribution in [0.5, 0.6) is 0 Å². The molecule has 1 amide bonds. The summed E-state index contributed by atoms with van der Waals surface area (Å²) < 4.78 is 4.81. The fourth-order valence-electron chi connectivity index (χ4n) is 1.66. The predicted molar refractivity (Wildman–Crippen MR) is 49.0 cm³/mol. The second kappa shape index (κ2) is 3.77. The Labute approximate surface area is 81.5 Å². The van der Waals surface area contributed by atoms with Crippen LogP contribution in [0.4, 0.5) is 0 Å². The highest BCUT2D eigenvalue weighted by atomic mass is 16.5. The largest absolute Gasteiger partial charge is 0.465 e. The molecule has 2 aliphatic heterocycles. The lowest BCUT2D eigenvalue weighted by Crippen LogP contribution is -2.36. The molecule has 76 valence electrons. The molecular formula is C9H12N2O3. The van der Waals surface area contributed by atoms with Crippen LogP contribution in [-0.4, -0.2) is 37.3 Å². The van der Waals surface area contributed by atoms with Crippen LogP contribution in [0.3, 0.4) is 0 Å². The van der Waals surface area contributed by atoms with Gasteiger partial charge in [0.15, 0.2) is 0 Å². The van der Waals surface area contributed by atoms with E-state index in [0.717, 1.165) is 6.42 Å². The number of hydrogen-bond donors (Lipinski definition) is 1. The van der Waals surface area contributed by atoms with E-state index in [1.807, 2.05) is 0 Å². The van der Waals surface area contributed by atoms with Crippen molar-refractivity contribution in [3.8, 4) is 0 Å². The number of ether oxygens (including phenoxy) is 1. The van der Waals surface area contributed by atoms with Crippen LogP contribution >= 0.6 is 0 Å². The third-order valence-electron chi connectivity index (χ3n) is 2.40. The van der Waals surface area contributed by atoms with Gasteiger partial charge in [0.2, 0.25) is 0 Å². The highest BCUT2D eigenvalue weighted by Gasteiger charge is 2.35. The third-order valence-corrected chi connectivity index (χ3v) is 2.40. The first-order valence-electron chi connectivity index (χ1n) is 4.78. The second-order valence-corrected chi connectivity index (χ2v) is 3.39. The molecule has 1 atom stereocenters. The minimum atomic E-state index is -0.437. The monoisotopic (exact) mass is 196 g/mol. The number of carbonyl (C=O) groups excluding carboxylic acids is 2. The second-order valence-electron chi connectivity index (χ2n) is 3.39. The maximum absolute atomic E-state index is 11.5. The molecule has 5 nitrogen and oxygen atoms in total. The van der Waals surface area contributed by atoms with E-state index in [2.05, 4.69) is 10.3 Å². The Morgan fingerprint density at radius 3 is 3.00 bits per heavy atom. The minimum absolute atomic E-state index is 0.216. The number of amides is 1. The number of nitrogens with one attached hydrogen (secondary N) is 1. The van der Waals surface area contributed by atoms with Crippen molar-refractivity contribution < 1.29 is 14.3 Å². The molecule has 0 aliphatic carbocycles. The van der Waals surface area contributed by atoms with E-state index >= 15 is 0 Å². The van der Waals surface area contributed by atoms with Crippen LogP contribution in [0.15, 0.2) is 4.99 Å². The Bertz CT molecular complexity index is 298. The van der Waals surface area contributed by atoms with Crippen molar-refractivity contribution in [2.45, 2.75) is 12.8 Å². The van der Waals surface area contributed by atoms with Gasteiger partial charge in [-0.1, -0.05) is 0 Å². The van der Waals surface area contributed by atoms with Gasteiger partial charge in [0.1, 0.15) is 11.6 Å². The van der Waals surface area contributed by atoms with Crippen molar-refractivity contribution in [2.24, 2.45) is 10.9 Å². The number of rotatable bonds is 1. The number of nitrogens with zero attached hydrogens (tertiary/aromatic N) is 1. The molecule has 0 aromatic heterocycles. The van der Waals surface area contributed by atoms with E-state index in [4.69, 9.17) is 4.74 Å². The lowest BCUT2D eigenvalue weighted by molar-refractivity contribution is -0.140. The molecule has 0 saturated carbocycles. The Morgan fingerprint density at radius 1 is 1.43 bits per heavy atom. The first-order chi connectivity index (χ1) is 6.79. The maximum atomic E-state index is 11.5. The summed E-state index contributed by atoms with van der Waals surface area (Å²) >= 11 is 0. The number of aliphatic imine (C=N–C) groups is 1. The van der Waals surface area contributed by atoms with Crippen molar-refractivity contribution in [3.63, 3.8) is 0 Å². The number of hydrogen-bond acceptors (Lipinski definition) is 4. The predicted octanol–water partition coefficient (Wildman–Crippen LogP) is -0.490. The molecule has 1 unspecified atom stereocenters. The zero-order valence-electron chi connectivity index (χ0n) is 7.78. The quantitative estimate of drug-likeness (QED) is 0.575. The number of carbonyl (C=O) groups is 2. The highest BCUT2D eigenvalue weighted by Crippen LogP contribution is 2.17. The Balaban J connectivity index is 2.17. The molecule has 1 N–H and O–H groups in total. The summed E-state index contributed by atoms with van der Waals surface area (Å²) in [5.41, 5.74) is 0.352. The van der Waals surface area contributed by atoms with Gasteiger partial charge in [-0.15, -0.1) is 0 Å². The smallest absolute Gasteiger partial charge is 0.315 e.